The molecule has 0 aromatic rings. The molecular weight excluding hydrogens is 170 g/mol. The Hall–Kier alpha value is -0.610. The van der Waals surface area contributed by atoms with E-state index in [9.17, 15) is 4.79 Å². The summed E-state index contributed by atoms with van der Waals surface area (Å²) >= 11 is 0. The van der Waals surface area contributed by atoms with Crippen LogP contribution < -0.4 is 5.32 Å². The fourth-order valence-electron chi connectivity index (χ4n) is 1.25. The van der Waals surface area contributed by atoms with Gasteiger partial charge in [-0.05, 0) is 27.2 Å². The van der Waals surface area contributed by atoms with E-state index in [1.807, 2.05) is 6.92 Å². The quantitative estimate of drug-likeness (QED) is 0.611. The van der Waals surface area contributed by atoms with E-state index in [1.54, 1.807) is 13.8 Å². The van der Waals surface area contributed by atoms with Gasteiger partial charge in [0.05, 0.1) is 13.2 Å². The minimum atomic E-state index is -0.354. The number of methoxy groups -OCH3 is 1. The van der Waals surface area contributed by atoms with Crippen LogP contribution in [0.5, 0.6) is 0 Å². The number of hydrogen-bond donors (Lipinski definition) is 2. The maximum Gasteiger partial charge on any atom is 0.322 e. The number of hydrogen-bond acceptors (Lipinski definition) is 4. The number of aliphatic hydroxyl groups excluding tert-OH is 1. The van der Waals surface area contributed by atoms with Crippen molar-refractivity contribution in [2.75, 3.05) is 7.11 Å². The van der Waals surface area contributed by atoms with Crippen molar-refractivity contribution < 1.29 is 14.6 Å². The van der Waals surface area contributed by atoms with Crippen LogP contribution in [0, 0.1) is 0 Å². The van der Waals surface area contributed by atoms with E-state index >= 15 is 0 Å². The summed E-state index contributed by atoms with van der Waals surface area (Å²) < 4.78 is 4.55. The number of aliphatic hydroxyl groups is 1. The van der Waals surface area contributed by atoms with Crippen molar-refractivity contribution in [2.24, 2.45) is 0 Å². The molecule has 0 amide bonds. The molecule has 4 heteroatoms. The fourth-order valence-corrected chi connectivity index (χ4v) is 1.25. The molecule has 0 heterocycles. The first-order valence-electron chi connectivity index (χ1n) is 4.49. The van der Waals surface area contributed by atoms with Gasteiger partial charge >= 0.3 is 5.97 Å². The number of esters is 1. The topological polar surface area (TPSA) is 58.6 Å². The Morgan fingerprint density at radius 3 is 2.38 bits per heavy atom. The zero-order valence-corrected chi connectivity index (χ0v) is 8.70. The van der Waals surface area contributed by atoms with Crippen molar-refractivity contribution in [2.45, 2.75) is 45.4 Å². The van der Waals surface area contributed by atoms with Crippen LogP contribution in [-0.2, 0) is 9.53 Å². The molecule has 2 N–H and O–H groups in total. The standard InChI is InChI=1S/C9H19NO3/c1-6(5-7(2)11)10-8(3)9(12)13-4/h6-8,10-11H,5H2,1-4H3. The van der Waals surface area contributed by atoms with E-state index in [2.05, 4.69) is 10.1 Å². The molecule has 0 rings (SSSR count). The van der Waals surface area contributed by atoms with Crippen LogP contribution in [0.15, 0.2) is 0 Å². The van der Waals surface area contributed by atoms with Gasteiger partial charge in [-0.2, -0.15) is 0 Å². The molecule has 0 aromatic heterocycles. The summed E-state index contributed by atoms with van der Waals surface area (Å²) in [6, 6.07) is -0.215. The molecule has 78 valence electrons. The van der Waals surface area contributed by atoms with Crippen LogP contribution in [0.25, 0.3) is 0 Å². The van der Waals surface area contributed by atoms with Gasteiger partial charge in [-0.15, -0.1) is 0 Å². The Labute approximate surface area is 79.3 Å². The molecule has 0 bridgehead atoms. The highest BCUT2D eigenvalue weighted by Gasteiger charge is 2.15. The maximum atomic E-state index is 11.0. The first-order valence-corrected chi connectivity index (χ1v) is 4.49. The summed E-state index contributed by atoms with van der Waals surface area (Å²) in [6.45, 7) is 5.39. The number of rotatable bonds is 5. The fraction of sp³-hybridized carbons (Fsp3) is 0.889. The third kappa shape index (κ3) is 5.60. The molecular formula is C9H19NO3. The molecule has 4 nitrogen and oxygen atoms in total. The largest absolute Gasteiger partial charge is 0.468 e. The summed E-state index contributed by atoms with van der Waals surface area (Å²) in [6.07, 6.45) is 0.272. The van der Waals surface area contributed by atoms with E-state index in [-0.39, 0.29) is 24.2 Å². The SMILES string of the molecule is COC(=O)C(C)NC(C)CC(C)O. The second-order valence-electron chi connectivity index (χ2n) is 3.40. The summed E-state index contributed by atoms with van der Waals surface area (Å²) in [7, 11) is 1.36. The van der Waals surface area contributed by atoms with Crippen LogP contribution in [0.2, 0.25) is 0 Å². The van der Waals surface area contributed by atoms with Crippen molar-refractivity contribution in [3.05, 3.63) is 0 Å². The van der Waals surface area contributed by atoms with Gasteiger partial charge < -0.3 is 15.2 Å². The zero-order chi connectivity index (χ0) is 10.4. The van der Waals surface area contributed by atoms with E-state index in [4.69, 9.17) is 5.11 Å². The van der Waals surface area contributed by atoms with Gasteiger partial charge in [0, 0.05) is 6.04 Å². The van der Waals surface area contributed by atoms with E-state index in [0.717, 1.165) is 0 Å². The van der Waals surface area contributed by atoms with E-state index < -0.39 is 0 Å². The highest BCUT2D eigenvalue weighted by atomic mass is 16.5. The molecule has 0 spiro atoms. The zero-order valence-electron chi connectivity index (χ0n) is 8.70. The second kappa shape index (κ2) is 5.94. The molecule has 0 aromatic carbocycles. The van der Waals surface area contributed by atoms with Crippen molar-refractivity contribution in [1.82, 2.24) is 5.32 Å². The first kappa shape index (κ1) is 12.4. The smallest absolute Gasteiger partial charge is 0.322 e. The minimum absolute atomic E-state index is 0.106. The van der Waals surface area contributed by atoms with Crippen LogP contribution >= 0.6 is 0 Å². The number of nitrogens with one attached hydrogen (secondary N) is 1. The van der Waals surface area contributed by atoms with Crippen LogP contribution in [0.1, 0.15) is 27.2 Å². The number of ether oxygens (including phenoxy) is 1. The molecule has 3 atom stereocenters. The molecule has 0 aliphatic rings. The summed E-state index contributed by atoms with van der Waals surface area (Å²) in [5.41, 5.74) is 0. The molecule has 0 fully saturated rings. The maximum absolute atomic E-state index is 11.0. The van der Waals surface area contributed by atoms with Crippen LogP contribution in [0.3, 0.4) is 0 Å². The number of carbonyl (C=O) groups excluding carboxylic acids is 1. The summed E-state index contributed by atoms with van der Waals surface area (Å²) in [5.74, 6) is -0.280. The van der Waals surface area contributed by atoms with Crippen LogP contribution in [-0.4, -0.2) is 36.4 Å². The Morgan fingerprint density at radius 1 is 1.46 bits per heavy atom. The molecule has 0 radical (unpaired) electrons. The third-order valence-corrected chi connectivity index (χ3v) is 1.78. The predicted molar refractivity (Wildman–Crippen MR) is 50.4 cm³/mol. The van der Waals surface area contributed by atoms with Gasteiger partial charge in [-0.3, -0.25) is 4.79 Å². The molecule has 0 aliphatic heterocycles. The highest BCUT2D eigenvalue weighted by Crippen LogP contribution is 1.98. The average molecular weight is 189 g/mol. The van der Waals surface area contributed by atoms with E-state index in [0.29, 0.717) is 6.42 Å². The Morgan fingerprint density at radius 2 is 2.00 bits per heavy atom. The summed E-state index contributed by atoms with van der Waals surface area (Å²) in [5, 5.41) is 12.1. The normalized spacial score (nSPS) is 17.6. The lowest BCUT2D eigenvalue weighted by molar-refractivity contribution is -0.142. The van der Waals surface area contributed by atoms with Gasteiger partial charge in [0.1, 0.15) is 6.04 Å². The van der Waals surface area contributed by atoms with Crippen molar-refractivity contribution in [3.63, 3.8) is 0 Å². The lowest BCUT2D eigenvalue weighted by Crippen LogP contribution is -2.41. The predicted octanol–water partition coefficient (Wildman–Crippen LogP) is 0.297. The lowest BCUT2D eigenvalue weighted by atomic mass is 10.1. The Kier molecular flexibility index (Phi) is 5.66. The first-order chi connectivity index (χ1) is 5.97. The average Bonchev–Trinajstić information content (AvgIpc) is 2.01. The third-order valence-electron chi connectivity index (χ3n) is 1.78. The highest BCUT2D eigenvalue weighted by molar-refractivity contribution is 5.75. The van der Waals surface area contributed by atoms with Crippen molar-refractivity contribution in [1.29, 1.82) is 0 Å². The molecule has 0 saturated carbocycles. The monoisotopic (exact) mass is 189 g/mol. The van der Waals surface area contributed by atoms with Gasteiger partial charge in [-0.25, -0.2) is 0 Å². The number of carbonyl (C=O) groups is 1. The van der Waals surface area contributed by atoms with Crippen LogP contribution in [0.4, 0.5) is 0 Å². The molecule has 13 heavy (non-hydrogen) atoms. The van der Waals surface area contributed by atoms with Crippen molar-refractivity contribution >= 4 is 5.97 Å². The lowest BCUT2D eigenvalue weighted by Gasteiger charge is -2.19. The Balaban J connectivity index is 3.77. The van der Waals surface area contributed by atoms with Gasteiger partial charge in [-0.1, -0.05) is 0 Å². The van der Waals surface area contributed by atoms with Gasteiger partial charge in [0.25, 0.3) is 0 Å². The Bertz CT molecular complexity index is 159. The minimum Gasteiger partial charge on any atom is -0.468 e. The van der Waals surface area contributed by atoms with Gasteiger partial charge in [0.15, 0.2) is 0 Å². The molecule has 3 unspecified atom stereocenters. The van der Waals surface area contributed by atoms with E-state index in [1.165, 1.54) is 7.11 Å². The molecule has 0 aliphatic carbocycles. The second-order valence-corrected chi connectivity index (χ2v) is 3.40. The van der Waals surface area contributed by atoms with Crippen molar-refractivity contribution in [3.8, 4) is 0 Å². The summed E-state index contributed by atoms with van der Waals surface area (Å²) in [4.78, 5) is 11.0. The van der Waals surface area contributed by atoms with Gasteiger partial charge in [0.2, 0.25) is 0 Å². The molecule has 0 saturated heterocycles.